The summed E-state index contributed by atoms with van der Waals surface area (Å²) in [6.07, 6.45) is 2.64. The van der Waals surface area contributed by atoms with Crippen LogP contribution >= 0.6 is 23.2 Å². The number of ether oxygens (including phenoxy) is 2. The zero-order valence-corrected chi connectivity index (χ0v) is 18.7. The maximum Gasteiger partial charge on any atom is 0.294 e. The Kier molecular flexibility index (Phi) is 6.08. The first-order chi connectivity index (χ1) is 14.7. The molecule has 3 aromatic rings. The van der Waals surface area contributed by atoms with Crippen LogP contribution in [0.15, 0.2) is 53.9 Å². The summed E-state index contributed by atoms with van der Waals surface area (Å²) in [4.78, 5) is 3.80. The minimum atomic E-state index is -4.38. The molecule has 0 saturated carbocycles. The van der Waals surface area contributed by atoms with Crippen molar-refractivity contribution in [2.45, 2.75) is 36.7 Å². The summed E-state index contributed by atoms with van der Waals surface area (Å²) < 4.78 is 47.2. The van der Waals surface area contributed by atoms with Crippen LogP contribution in [0.25, 0.3) is 0 Å². The van der Waals surface area contributed by atoms with Gasteiger partial charge < -0.3 is 9.47 Å². The number of rotatable bonds is 6. The van der Waals surface area contributed by atoms with Gasteiger partial charge in [-0.15, -0.1) is 0 Å². The molecule has 0 bridgehead atoms. The number of aromatic nitrogens is 3. The fourth-order valence-corrected chi connectivity index (χ4v) is 4.93. The zero-order valence-electron chi connectivity index (χ0n) is 16.4. The van der Waals surface area contributed by atoms with Gasteiger partial charge in [0.1, 0.15) is 19.2 Å². The number of hydrogen-bond donors (Lipinski definition) is 1. The van der Waals surface area contributed by atoms with Gasteiger partial charge in [-0.1, -0.05) is 47.0 Å². The molecule has 1 aromatic heterocycles. The van der Waals surface area contributed by atoms with Gasteiger partial charge in [-0.3, -0.25) is 4.55 Å². The number of benzene rings is 2. The van der Waals surface area contributed by atoms with E-state index < -0.39 is 22.0 Å². The molecule has 2 unspecified atom stereocenters. The smallest absolute Gasteiger partial charge is 0.294 e. The molecule has 2 heterocycles. The summed E-state index contributed by atoms with van der Waals surface area (Å²) in [7, 11) is -4.38. The molecule has 0 spiro atoms. The second-order valence-corrected chi connectivity index (χ2v) is 9.54. The third-order valence-electron chi connectivity index (χ3n) is 4.98. The summed E-state index contributed by atoms with van der Waals surface area (Å²) >= 11 is 12.5. The lowest BCUT2D eigenvalue weighted by Gasteiger charge is -2.29. The van der Waals surface area contributed by atoms with Crippen LogP contribution in [0.3, 0.4) is 0 Å². The molecule has 2 aromatic carbocycles. The highest BCUT2D eigenvalue weighted by Crippen LogP contribution is 2.41. The third kappa shape index (κ3) is 4.77. The van der Waals surface area contributed by atoms with Crippen molar-refractivity contribution in [1.82, 2.24) is 14.8 Å². The van der Waals surface area contributed by atoms with Gasteiger partial charge in [0.15, 0.2) is 0 Å². The van der Waals surface area contributed by atoms with E-state index in [4.69, 9.17) is 32.7 Å². The summed E-state index contributed by atoms with van der Waals surface area (Å²) in [5, 5.41) is 4.96. The molecule has 0 amide bonds. The summed E-state index contributed by atoms with van der Waals surface area (Å²) in [5.41, 5.74) is 1.86. The van der Waals surface area contributed by atoms with Gasteiger partial charge in [-0.2, -0.15) is 13.5 Å². The molecule has 0 aliphatic carbocycles. The van der Waals surface area contributed by atoms with Crippen molar-refractivity contribution in [3.8, 4) is 0 Å². The lowest BCUT2D eigenvalue weighted by atomic mass is 10.0. The SMILES string of the molecule is Cc1ccc(S(=O)(=O)O)c(CC2COC(Cn3cncn3)(c3ccc(Cl)cc3Cl)O2)c1. The van der Waals surface area contributed by atoms with E-state index in [-0.39, 0.29) is 24.5 Å². The Morgan fingerprint density at radius 3 is 2.74 bits per heavy atom. The van der Waals surface area contributed by atoms with Crippen LogP contribution in [0.5, 0.6) is 0 Å². The normalized spacial score (nSPS) is 21.5. The van der Waals surface area contributed by atoms with E-state index in [9.17, 15) is 13.0 Å². The standard InChI is InChI=1S/C20H19Cl2N3O5S/c1-13-2-5-19(31(26,27)28)14(6-13)7-16-9-29-20(30-16,10-25-12-23-11-24-25)17-4-3-15(21)8-18(17)22/h2-6,8,11-12,16H,7,9-10H2,1H3,(H,26,27,28). The first-order valence-corrected chi connectivity index (χ1v) is 11.5. The minimum Gasteiger partial charge on any atom is -0.342 e. The van der Waals surface area contributed by atoms with Gasteiger partial charge in [0.2, 0.25) is 5.79 Å². The molecular formula is C20H19Cl2N3O5S. The highest BCUT2D eigenvalue weighted by atomic mass is 35.5. The Hall–Kier alpha value is -2.01. The van der Waals surface area contributed by atoms with Crippen LogP contribution in [0.4, 0.5) is 0 Å². The highest BCUT2D eigenvalue weighted by molar-refractivity contribution is 7.85. The van der Waals surface area contributed by atoms with E-state index in [1.165, 1.54) is 18.7 Å². The van der Waals surface area contributed by atoms with E-state index in [0.29, 0.717) is 21.2 Å². The van der Waals surface area contributed by atoms with Crippen LogP contribution in [0.1, 0.15) is 16.7 Å². The maximum atomic E-state index is 11.8. The number of hydrogen-bond acceptors (Lipinski definition) is 6. The average Bonchev–Trinajstić information content (AvgIpc) is 3.31. The lowest BCUT2D eigenvalue weighted by Crippen LogP contribution is -2.34. The van der Waals surface area contributed by atoms with Gasteiger partial charge in [-0.25, -0.2) is 9.67 Å². The second kappa shape index (κ2) is 8.50. The third-order valence-corrected chi connectivity index (χ3v) is 6.48. The van der Waals surface area contributed by atoms with Crippen molar-refractivity contribution in [3.63, 3.8) is 0 Å². The van der Waals surface area contributed by atoms with Crippen LogP contribution in [0.2, 0.25) is 10.0 Å². The fourth-order valence-electron chi connectivity index (χ4n) is 3.67. The van der Waals surface area contributed by atoms with Crippen molar-refractivity contribution in [3.05, 3.63) is 75.8 Å². The molecule has 1 saturated heterocycles. The quantitative estimate of drug-likeness (QED) is 0.533. The molecule has 0 radical (unpaired) electrons. The van der Waals surface area contributed by atoms with Crippen molar-refractivity contribution in [2.75, 3.05) is 6.61 Å². The Balaban J connectivity index is 1.68. The van der Waals surface area contributed by atoms with Gasteiger partial charge in [0.05, 0.1) is 22.6 Å². The topological polar surface area (TPSA) is 104 Å². The van der Waals surface area contributed by atoms with E-state index >= 15 is 0 Å². The number of nitrogens with zero attached hydrogens (tertiary/aromatic N) is 3. The number of aryl methyl sites for hydroxylation is 1. The van der Waals surface area contributed by atoms with Crippen LogP contribution in [0, 0.1) is 6.92 Å². The predicted octanol–water partition coefficient (Wildman–Crippen LogP) is 3.65. The first-order valence-electron chi connectivity index (χ1n) is 9.33. The fraction of sp³-hybridized carbons (Fsp3) is 0.300. The Morgan fingerprint density at radius 2 is 2.06 bits per heavy atom. The molecular weight excluding hydrogens is 465 g/mol. The highest BCUT2D eigenvalue weighted by Gasteiger charge is 2.45. The molecule has 1 aliphatic rings. The van der Waals surface area contributed by atoms with Crippen LogP contribution in [-0.2, 0) is 38.3 Å². The molecule has 8 nitrogen and oxygen atoms in total. The largest absolute Gasteiger partial charge is 0.342 e. The Morgan fingerprint density at radius 1 is 1.26 bits per heavy atom. The van der Waals surface area contributed by atoms with E-state index in [0.717, 1.165) is 5.56 Å². The minimum absolute atomic E-state index is 0.153. The maximum absolute atomic E-state index is 11.8. The first kappa shape index (κ1) is 22.2. The Bertz CT molecular complexity index is 1200. The summed E-state index contributed by atoms with van der Waals surface area (Å²) in [6, 6.07) is 9.72. The molecule has 2 atom stereocenters. The molecule has 164 valence electrons. The molecule has 31 heavy (non-hydrogen) atoms. The molecule has 11 heteroatoms. The summed E-state index contributed by atoms with van der Waals surface area (Å²) in [6.45, 7) is 2.18. The molecule has 4 rings (SSSR count). The van der Waals surface area contributed by atoms with Gasteiger partial charge in [-0.05, 0) is 30.7 Å². The second-order valence-electron chi connectivity index (χ2n) is 7.31. The van der Waals surface area contributed by atoms with Crippen LogP contribution < -0.4 is 0 Å². The molecule has 1 fully saturated rings. The van der Waals surface area contributed by atoms with Crippen molar-refractivity contribution in [1.29, 1.82) is 0 Å². The summed E-state index contributed by atoms with van der Waals surface area (Å²) in [5.74, 6) is -1.28. The van der Waals surface area contributed by atoms with Crippen LogP contribution in [-0.4, -0.2) is 40.4 Å². The van der Waals surface area contributed by atoms with Gasteiger partial charge in [0, 0.05) is 17.0 Å². The Labute approximate surface area is 189 Å². The molecule has 1 N–H and O–H groups in total. The van der Waals surface area contributed by atoms with Crippen molar-refractivity contribution >= 4 is 33.3 Å². The van der Waals surface area contributed by atoms with Gasteiger partial charge >= 0.3 is 0 Å². The van der Waals surface area contributed by atoms with Crippen molar-refractivity contribution in [2.24, 2.45) is 0 Å². The number of halogens is 2. The molecule has 1 aliphatic heterocycles. The van der Waals surface area contributed by atoms with E-state index in [1.54, 1.807) is 35.0 Å². The lowest BCUT2D eigenvalue weighted by molar-refractivity contribution is -0.188. The van der Waals surface area contributed by atoms with E-state index in [1.807, 2.05) is 6.92 Å². The van der Waals surface area contributed by atoms with E-state index in [2.05, 4.69) is 10.1 Å². The predicted molar refractivity (Wildman–Crippen MR) is 114 cm³/mol. The zero-order chi connectivity index (χ0) is 22.2. The monoisotopic (exact) mass is 483 g/mol. The average molecular weight is 484 g/mol. The van der Waals surface area contributed by atoms with Gasteiger partial charge in [0.25, 0.3) is 10.1 Å². The van der Waals surface area contributed by atoms with Crippen molar-refractivity contribution < 1.29 is 22.4 Å².